The zero-order valence-corrected chi connectivity index (χ0v) is 17.9. The van der Waals surface area contributed by atoms with Gasteiger partial charge in [-0.15, -0.1) is 0 Å². The predicted octanol–water partition coefficient (Wildman–Crippen LogP) is 4.50. The standard InChI is InChI=1S/C27H28O5/c1-4-10-20(11-5-1)16-28-19-23-24(29-17-21-12-6-2-7-13-21)25-26(27(31-23)32-25)30-18-22-14-8-3-9-15-22/h1-15,23-27H,16-19H2/t23-,24-,25+,26+,27+/m1/s1. The molecule has 3 fully saturated rings. The van der Waals surface area contributed by atoms with Crippen molar-refractivity contribution in [3.8, 4) is 0 Å². The summed E-state index contributed by atoms with van der Waals surface area (Å²) in [5.74, 6) is 0. The maximum atomic E-state index is 6.31. The Morgan fingerprint density at radius 3 is 1.62 bits per heavy atom. The molecule has 3 aliphatic rings. The Labute approximate surface area is 188 Å². The first kappa shape index (κ1) is 21.3. The number of benzene rings is 3. The van der Waals surface area contributed by atoms with Crippen LogP contribution in [0.4, 0.5) is 0 Å². The van der Waals surface area contributed by atoms with Crippen LogP contribution in [0.15, 0.2) is 91.0 Å². The van der Waals surface area contributed by atoms with E-state index in [-0.39, 0.29) is 30.7 Å². The van der Waals surface area contributed by atoms with Gasteiger partial charge < -0.3 is 23.7 Å². The van der Waals surface area contributed by atoms with Crippen molar-refractivity contribution in [2.75, 3.05) is 6.61 Å². The molecular weight excluding hydrogens is 404 g/mol. The van der Waals surface area contributed by atoms with Gasteiger partial charge in [0.25, 0.3) is 0 Å². The van der Waals surface area contributed by atoms with E-state index in [0.717, 1.165) is 16.7 Å². The van der Waals surface area contributed by atoms with Crippen LogP contribution in [-0.2, 0) is 43.5 Å². The Hall–Kier alpha value is -2.54. The fraction of sp³-hybridized carbons (Fsp3) is 0.333. The Morgan fingerprint density at radius 1 is 0.562 bits per heavy atom. The monoisotopic (exact) mass is 432 g/mol. The summed E-state index contributed by atoms with van der Waals surface area (Å²) < 4.78 is 30.6. The van der Waals surface area contributed by atoms with Crippen LogP contribution in [0.5, 0.6) is 0 Å². The van der Waals surface area contributed by atoms with Crippen molar-refractivity contribution in [1.82, 2.24) is 0 Å². The highest BCUT2D eigenvalue weighted by molar-refractivity contribution is 5.15. The van der Waals surface area contributed by atoms with Crippen molar-refractivity contribution in [3.63, 3.8) is 0 Å². The van der Waals surface area contributed by atoms with Crippen molar-refractivity contribution < 1.29 is 23.7 Å². The molecule has 3 aliphatic heterocycles. The molecule has 0 saturated carbocycles. The molecule has 0 amide bonds. The lowest BCUT2D eigenvalue weighted by Crippen LogP contribution is -2.71. The summed E-state index contributed by atoms with van der Waals surface area (Å²) in [6, 6.07) is 30.4. The van der Waals surface area contributed by atoms with Gasteiger partial charge in [0.2, 0.25) is 0 Å². The van der Waals surface area contributed by atoms with E-state index in [1.54, 1.807) is 0 Å². The molecule has 0 N–H and O–H groups in total. The second kappa shape index (κ2) is 10.4. The van der Waals surface area contributed by atoms with Crippen LogP contribution in [-0.4, -0.2) is 37.3 Å². The summed E-state index contributed by atoms with van der Waals surface area (Å²) in [5, 5.41) is 0. The van der Waals surface area contributed by atoms with Gasteiger partial charge in [-0.2, -0.15) is 0 Å². The molecule has 5 atom stereocenters. The summed E-state index contributed by atoms with van der Waals surface area (Å²) in [6.07, 6.45) is -1.18. The number of fused-ring (bicyclic) bond motifs is 2. The topological polar surface area (TPSA) is 46.2 Å². The Morgan fingerprint density at radius 2 is 1.06 bits per heavy atom. The van der Waals surface area contributed by atoms with Gasteiger partial charge in [-0.1, -0.05) is 91.0 Å². The zero-order valence-electron chi connectivity index (χ0n) is 17.9. The van der Waals surface area contributed by atoms with Gasteiger partial charge in [0.05, 0.1) is 26.4 Å². The third-order valence-corrected chi connectivity index (χ3v) is 5.85. The molecule has 0 aromatic heterocycles. The van der Waals surface area contributed by atoms with Gasteiger partial charge in [-0.05, 0) is 16.7 Å². The number of hydrogen-bond acceptors (Lipinski definition) is 5. The summed E-state index contributed by atoms with van der Waals surface area (Å²) in [4.78, 5) is 0. The minimum Gasteiger partial charge on any atom is -0.374 e. The molecular formula is C27H28O5. The van der Waals surface area contributed by atoms with Crippen molar-refractivity contribution in [1.29, 1.82) is 0 Å². The van der Waals surface area contributed by atoms with Crippen molar-refractivity contribution >= 4 is 0 Å². The van der Waals surface area contributed by atoms with Crippen LogP contribution in [0.1, 0.15) is 16.7 Å². The molecule has 3 aromatic carbocycles. The van der Waals surface area contributed by atoms with Crippen LogP contribution in [0, 0.1) is 0 Å². The molecule has 0 spiro atoms. The molecule has 3 aromatic rings. The largest absolute Gasteiger partial charge is 0.374 e. The van der Waals surface area contributed by atoms with E-state index < -0.39 is 0 Å². The normalized spacial score (nSPS) is 26.4. The van der Waals surface area contributed by atoms with E-state index >= 15 is 0 Å². The molecule has 3 heterocycles. The molecule has 32 heavy (non-hydrogen) atoms. The third kappa shape index (κ3) is 5.09. The van der Waals surface area contributed by atoms with Gasteiger partial charge in [0.15, 0.2) is 6.29 Å². The maximum absolute atomic E-state index is 6.31. The van der Waals surface area contributed by atoms with Gasteiger partial charge in [0, 0.05) is 0 Å². The molecule has 2 bridgehead atoms. The van der Waals surface area contributed by atoms with Gasteiger partial charge in [0.1, 0.15) is 24.4 Å². The first-order valence-corrected chi connectivity index (χ1v) is 11.1. The molecule has 3 saturated heterocycles. The Bertz CT molecular complexity index is 948. The highest BCUT2D eigenvalue weighted by Gasteiger charge is 2.57. The average molecular weight is 433 g/mol. The highest BCUT2D eigenvalue weighted by atomic mass is 16.8. The van der Waals surface area contributed by atoms with Crippen molar-refractivity contribution in [2.45, 2.75) is 50.5 Å². The van der Waals surface area contributed by atoms with Gasteiger partial charge in [-0.3, -0.25) is 0 Å². The SMILES string of the molecule is c1ccc(COC[C@H]2O[C@H]3O[C@H]([C@@H]3OCc3ccccc3)[C@@H]2OCc2ccccc2)cc1. The number of hydrogen-bond donors (Lipinski definition) is 0. The molecule has 5 heteroatoms. The second-order valence-electron chi connectivity index (χ2n) is 8.17. The molecule has 5 nitrogen and oxygen atoms in total. The Kier molecular flexibility index (Phi) is 6.92. The number of rotatable bonds is 10. The lowest BCUT2D eigenvalue weighted by Gasteiger charge is -2.54. The van der Waals surface area contributed by atoms with Crippen LogP contribution < -0.4 is 0 Å². The van der Waals surface area contributed by atoms with E-state index in [1.165, 1.54) is 0 Å². The zero-order chi connectivity index (χ0) is 21.6. The summed E-state index contributed by atoms with van der Waals surface area (Å²) in [5.41, 5.74) is 3.37. The Balaban J connectivity index is 1.21. The quantitative estimate of drug-likeness (QED) is 0.472. The van der Waals surface area contributed by atoms with Crippen LogP contribution in [0.3, 0.4) is 0 Å². The first-order chi connectivity index (χ1) is 15.9. The third-order valence-electron chi connectivity index (χ3n) is 5.85. The van der Waals surface area contributed by atoms with Gasteiger partial charge >= 0.3 is 0 Å². The van der Waals surface area contributed by atoms with E-state index in [4.69, 9.17) is 23.7 Å². The molecule has 166 valence electrons. The average Bonchev–Trinajstić information content (AvgIpc) is 2.85. The molecule has 0 radical (unpaired) electrons. The minimum atomic E-state index is -0.384. The molecule has 0 aliphatic carbocycles. The fourth-order valence-electron chi connectivity index (χ4n) is 4.12. The molecule has 6 rings (SSSR count). The van der Waals surface area contributed by atoms with Gasteiger partial charge in [-0.25, -0.2) is 0 Å². The summed E-state index contributed by atoms with van der Waals surface area (Å²) in [6.45, 7) is 1.98. The minimum absolute atomic E-state index is 0.152. The summed E-state index contributed by atoms with van der Waals surface area (Å²) >= 11 is 0. The fourth-order valence-corrected chi connectivity index (χ4v) is 4.12. The summed E-state index contributed by atoms with van der Waals surface area (Å²) in [7, 11) is 0. The van der Waals surface area contributed by atoms with E-state index in [0.29, 0.717) is 26.4 Å². The smallest absolute Gasteiger partial charge is 0.187 e. The predicted molar refractivity (Wildman–Crippen MR) is 120 cm³/mol. The van der Waals surface area contributed by atoms with E-state index in [1.807, 2.05) is 54.6 Å². The lowest BCUT2D eigenvalue weighted by atomic mass is 9.93. The van der Waals surface area contributed by atoms with Crippen LogP contribution in [0.2, 0.25) is 0 Å². The highest BCUT2D eigenvalue weighted by Crippen LogP contribution is 2.39. The second-order valence-corrected chi connectivity index (χ2v) is 8.17. The molecule has 0 unspecified atom stereocenters. The van der Waals surface area contributed by atoms with E-state index in [2.05, 4.69) is 36.4 Å². The van der Waals surface area contributed by atoms with Crippen LogP contribution >= 0.6 is 0 Å². The van der Waals surface area contributed by atoms with E-state index in [9.17, 15) is 0 Å². The lowest BCUT2D eigenvalue weighted by molar-refractivity contribution is -0.421. The van der Waals surface area contributed by atoms with Crippen LogP contribution in [0.25, 0.3) is 0 Å². The first-order valence-electron chi connectivity index (χ1n) is 11.1. The number of ether oxygens (including phenoxy) is 5. The maximum Gasteiger partial charge on any atom is 0.187 e. The van der Waals surface area contributed by atoms with Crippen molar-refractivity contribution in [2.24, 2.45) is 0 Å². The van der Waals surface area contributed by atoms with Crippen molar-refractivity contribution in [3.05, 3.63) is 108 Å².